The number of nitrogens with one attached hydrogen (secondary N) is 1. The van der Waals surface area contributed by atoms with Gasteiger partial charge in [0.2, 0.25) is 5.91 Å². The van der Waals surface area contributed by atoms with Gasteiger partial charge in [-0.15, -0.1) is 11.3 Å². The van der Waals surface area contributed by atoms with Crippen molar-refractivity contribution in [2.24, 2.45) is 0 Å². The third-order valence-corrected chi connectivity index (χ3v) is 6.20. The number of rotatable bonds is 4. The number of fused-ring (bicyclic) bond motifs is 1. The molecule has 0 aliphatic carbocycles. The van der Waals surface area contributed by atoms with E-state index in [0.29, 0.717) is 9.23 Å². The molecular formula is C20H14N2O2S3. The van der Waals surface area contributed by atoms with Crippen molar-refractivity contribution < 1.29 is 9.59 Å². The maximum atomic E-state index is 12.6. The van der Waals surface area contributed by atoms with Crippen LogP contribution in [0.15, 0.2) is 64.9 Å². The van der Waals surface area contributed by atoms with Crippen molar-refractivity contribution in [3.63, 3.8) is 0 Å². The molecule has 1 aliphatic heterocycles. The predicted octanol–water partition coefficient (Wildman–Crippen LogP) is 4.38. The lowest BCUT2D eigenvalue weighted by Gasteiger charge is -2.16. The standard InChI is InChI=1S/C20H14N2O2S3/c23-18(11-14-7-3-6-13-5-1-2-9-16(13)14)21-22-19(24)17(27-20(22)25)12-15-8-4-10-26-15/h1-10,12H,11H2,(H,21,23). The van der Waals surface area contributed by atoms with Gasteiger partial charge in [0.25, 0.3) is 5.91 Å². The minimum atomic E-state index is -0.301. The summed E-state index contributed by atoms with van der Waals surface area (Å²) in [7, 11) is 0. The van der Waals surface area contributed by atoms with Crippen molar-refractivity contribution in [1.29, 1.82) is 0 Å². The fourth-order valence-electron chi connectivity index (χ4n) is 2.85. The number of hydrogen-bond acceptors (Lipinski definition) is 5. The molecule has 2 heterocycles. The zero-order valence-electron chi connectivity index (χ0n) is 14.0. The van der Waals surface area contributed by atoms with Crippen LogP contribution in [0.2, 0.25) is 0 Å². The average Bonchev–Trinajstić information content (AvgIpc) is 3.26. The molecule has 3 aromatic rings. The number of nitrogens with zero attached hydrogens (tertiary/aromatic N) is 1. The molecule has 1 saturated heterocycles. The molecule has 4 nitrogen and oxygen atoms in total. The molecule has 2 aromatic carbocycles. The SMILES string of the molecule is O=C(Cc1cccc2ccccc12)NN1C(=O)C(=Cc2cccs2)SC1=S. The van der Waals surface area contributed by atoms with Gasteiger partial charge in [-0.2, -0.15) is 5.01 Å². The van der Waals surface area contributed by atoms with Crippen molar-refractivity contribution in [3.05, 3.63) is 75.3 Å². The summed E-state index contributed by atoms with van der Waals surface area (Å²) in [6.45, 7) is 0. The number of hydrazine groups is 1. The van der Waals surface area contributed by atoms with E-state index in [2.05, 4.69) is 5.43 Å². The van der Waals surface area contributed by atoms with E-state index in [0.717, 1.165) is 26.2 Å². The van der Waals surface area contributed by atoms with Gasteiger partial charge in [0.05, 0.1) is 11.3 Å². The molecule has 0 atom stereocenters. The Kier molecular flexibility index (Phi) is 5.07. The maximum Gasteiger partial charge on any atom is 0.285 e. The van der Waals surface area contributed by atoms with Gasteiger partial charge in [0.1, 0.15) is 0 Å². The number of thiocarbonyl (C=S) groups is 1. The quantitative estimate of drug-likeness (QED) is 0.512. The minimum Gasteiger partial charge on any atom is -0.273 e. The molecule has 0 spiro atoms. The van der Waals surface area contributed by atoms with Crippen LogP contribution >= 0.6 is 35.3 Å². The van der Waals surface area contributed by atoms with Crippen LogP contribution in [0.1, 0.15) is 10.4 Å². The minimum absolute atomic E-state index is 0.169. The molecule has 0 saturated carbocycles. The first-order valence-electron chi connectivity index (χ1n) is 8.19. The summed E-state index contributed by atoms with van der Waals surface area (Å²) in [6, 6.07) is 17.6. The number of benzene rings is 2. The van der Waals surface area contributed by atoms with Gasteiger partial charge in [0, 0.05) is 4.88 Å². The highest BCUT2D eigenvalue weighted by atomic mass is 32.2. The lowest BCUT2D eigenvalue weighted by atomic mass is 10.0. The van der Waals surface area contributed by atoms with E-state index in [-0.39, 0.29) is 18.2 Å². The summed E-state index contributed by atoms with van der Waals surface area (Å²) in [4.78, 5) is 26.6. The second-order valence-electron chi connectivity index (χ2n) is 5.88. The Morgan fingerprint density at radius 3 is 2.74 bits per heavy atom. The number of carbonyl (C=O) groups excluding carboxylic acids is 2. The molecule has 134 valence electrons. The van der Waals surface area contributed by atoms with E-state index in [4.69, 9.17) is 12.2 Å². The second kappa shape index (κ2) is 7.64. The summed E-state index contributed by atoms with van der Waals surface area (Å²) in [5, 5.41) is 5.20. The summed E-state index contributed by atoms with van der Waals surface area (Å²) < 4.78 is 0.328. The summed E-state index contributed by atoms with van der Waals surface area (Å²) in [6.07, 6.45) is 1.96. The first-order valence-corrected chi connectivity index (χ1v) is 10.3. The zero-order chi connectivity index (χ0) is 18.8. The van der Waals surface area contributed by atoms with Crippen LogP contribution in [-0.2, 0) is 16.0 Å². The summed E-state index contributed by atoms with van der Waals surface area (Å²) in [5.74, 6) is -0.579. The van der Waals surface area contributed by atoms with Gasteiger partial charge in [-0.25, -0.2) is 0 Å². The van der Waals surface area contributed by atoms with Gasteiger partial charge in [-0.3, -0.25) is 15.0 Å². The monoisotopic (exact) mass is 410 g/mol. The number of carbonyl (C=O) groups is 2. The molecule has 7 heteroatoms. The molecule has 1 N–H and O–H groups in total. The smallest absolute Gasteiger partial charge is 0.273 e. The number of thioether (sulfide) groups is 1. The Morgan fingerprint density at radius 2 is 1.93 bits per heavy atom. The maximum absolute atomic E-state index is 12.6. The third kappa shape index (κ3) is 3.80. The predicted molar refractivity (Wildman–Crippen MR) is 115 cm³/mol. The largest absolute Gasteiger partial charge is 0.285 e. The molecule has 0 unspecified atom stereocenters. The number of amides is 2. The van der Waals surface area contributed by atoms with Crippen LogP contribution in [0.25, 0.3) is 16.8 Å². The van der Waals surface area contributed by atoms with Crippen molar-refractivity contribution in [3.8, 4) is 0 Å². The van der Waals surface area contributed by atoms with E-state index >= 15 is 0 Å². The van der Waals surface area contributed by atoms with Gasteiger partial charge in [-0.1, -0.05) is 60.3 Å². The normalized spacial score (nSPS) is 15.7. The molecule has 0 bridgehead atoms. The third-order valence-electron chi connectivity index (χ3n) is 4.08. The molecular weight excluding hydrogens is 396 g/mol. The first kappa shape index (κ1) is 17.9. The first-order chi connectivity index (χ1) is 13.1. The van der Waals surface area contributed by atoms with Crippen molar-refractivity contribution in [2.75, 3.05) is 0 Å². The van der Waals surface area contributed by atoms with E-state index in [9.17, 15) is 9.59 Å². The Balaban J connectivity index is 1.49. The summed E-state index contributed by atoms with van der Waals surface area (Å²) in [5.41, 5.74) is 3.55. The summed E-state index contributed by atoms with van der Waals surface area (Å²) >= 11 is 8.00. The van der Waals surface area contributed by atoms with E-state index in [1.807, 2.05) is 60.0 Å². The van der Waals surface area contributed by atoms with Gasteiger partial charge in [0.15, 0.2) is 4.32 Å². The molecule has 1 aromatic heterocycles. The molecule has 1 aliphatic rings. The molecule has 27 heavy (non-hydrogen) atoms. The van der Waals surface area contributed by atoms with Gasteiger partial charge >= 0.3 is 0 Å². The highest BCUT2D eigenvalue weighted by molar-refractivity contribution is 8.26. The van der Waals surface area contributed by atoms with Crippen LogP contribution < -0.4 is 5.43 Å². The fourth-order valence-corrected chi connectivity index (χ4v) is 4.75. The average molecular weight is 411 g/mol. The lowest BCUT2D eigenvalue weighted by Crippen LogP contribution is -2.45. The zero-order valence-corrected chi connectivity index (χ0v) is 16.5. The van der Waals surface area contributed by atoms with E-state index in [1.165, 1.54) is 23.1 Å². The highest BCUT2D eigenvalue weighted by Gasteiger charge is 2.33. The highest BCUT2D eigenvalue weighted by Crippen LogP contribution is 2.32. The van der Waals surface area contributed by atoms with Crippen LogP contribution in [-0.4, -0.2) is 21.1 Å². The molecule has 4 rings (SSSR count). The van der Waals surface area contributed by atoms with Gasteiger partial charge in [-0.05, 0) is 46.1 Å². The van der Waals surface area contributed by atoms with E-state index in [1.54, 1.807) is 6.08 Å². The van der Waals surface area contributed by atoms with Crippen molar-refractivity contribution in [2.45, 2.75) is 6.42 Å². The number of hydrogen-bond donors (Lipinski definition) is 1. The van der Waals surface area contributed by atoms with Crippen LogP contribution in [0.3, 0.4) is 0 Å². The Labute approximate surface area is 169 Å². The topological polar surface area (TPSA) is 49.4 Å². The lowest BCUT2D eigenvalue weighted by molar-refractivity contribution is -0.132. The fraction of sp³-hybridized carbons (Fsp3) is 0.0500. The molecule has 1 fully saturated rings. The van der Waals surface area contributed by atoms with Crippen molar-refractivity contribution in [1.82, 2.24) is 10.4 Å². The Hall–Kier alpha value is -2.48. The molecule has 2 amide bonds. The number of thiophene rings is 1. The second-order valence-corrected chi connectivity index (χ2v) is 8.54. The van der Waals surface area contributed by atoms with Crippen LogP contribution in [0, 0.1) is 0 Å². The van der Waals surface area contributed by atoms with Crippen LogP contribution in [0.5, 0.6) is 0 Å². The Morgan fingerprint density at radius 1 is 1.11 bits per heavy atom. The molecule has 0 radical (unpaired) electrons. The van der Waals surface area contributed by atoms with E-state index < -0.39 is 0 Å². The van der Waals surface area contributed by atoms with Gasteiger partial charge < -0.3 is 0 Å². The van der Waals surface area contributed by atoms with Crippen molar-refractivity contribution >= 4 is 68.3 Å². The van der Waals surface area contributed by atoms with Crippen LogP contribution in [0.4, 0.5) is 0 Å². The Bertz CT molecular complexity index is 1070.